The van der Waals surface area contributed by atoms with Crippen LogP contribution < -0.4 is 0 Å². The Labute approximate surface area is 77.3 Å². The molecule has 0 fully saturated rings. The summed E-state index contributed by atoms with van der Waals surface area (Å²) in [7, 11) is 13.3. The van der Waals surface area contributed by atoms with Crippen molar-refractivity contribution in [1.29, 1.82) is 0 Å². The number of benzene rings is 1. The lowest BCUT2D eigenvalue weighted by Gasteiger charge is -1.93. The zero-order valence-electron chi connectivity index (χ0n) is 4.80. The van der Waals surface area contributed by atoms with E-state index in [9.17, 15) is 0 Å². The van der Waals surface area contributed by atoms with Gasteiger partial charge in [-0.3, -0.25) is 0 Å². The number of hydrogen-bond donors (Lipinski definition) is 0. The predicted octanol–water partition coefficient (Wildman–Crippen LogP) is 3.98. The summed E-state index contributed by atoms with van der Waals surface area (Å²) in [6, 6.07) is 8.55. The minimum absolute atomic E-state index is 0.913. The smallest absolute Gasteiger partial charge is 0.0313 e. The lowest BCUT2D eigenvalue weighted by Crippen LogP contribution is -1.67. The third kappa shape index (κ3) is 2.27. The SMILES string of the molecule is ClSc1[c]cc(SCl)cc1. The topological polar surface area (TPSA) is 0 Å². The van der Waals surface area contributed by atoms with Crippen LogP contribution >= 0.6 is 43.3 Å². The summed E-state index contributed by atoms with van der Waals surface area (Å²) in [6.45, 7) is 0. The maximum absolute atomic E-state index is 5.48. The number of rotatable bonds is 2. The lowest BCUT2D eigenvalue weighted by atomic mass is 10.4. The van der Waals surface area contributed by atoms with Crippen LogP contribution in [0, 0.1) is 6.07 Å². The van der Waals surface area contributed by atoms with Gasteiger partial charge in [-0.2, -0.15) is 0 Å². The van der Waals surface area contributed by atoms with Gasteiger partial charge in [0.05, 0.1) is 0 Å². The molecule has 0 aromatic heterocycles. The maximum atomic E-state index is 5.48. The molecule has 1 radical (unpaired) electrons. The fraction of sp³-hybridized carbons (Fsp3) is 0. The van der Waals surface area contributed by atoms with E-state index in [0.29, 0.717) is 0 Å². The van der Waals surface area contributed by atoms with Crippen molar-refractivity contribution in [3.8, 4) is 0 Å². The fourth-order valence-electron chi connectivity index (χ4n) is 0.492. The Morgan fingerprint density at radius 2 is 2.00 bits per heavy atom. The average Bonchev–Trinajstić information content (AvgIpc) is 2.05. The molecule has 0 saturated carbocycles. The Bertz CT molecular complexity index is 174. The van der Waals surface area contributed by atoms with Gasteiger partial charge < -0.3 is 0 Å². The standard InChI is InChI=1S/C6H3Cl2S2/c7-9-5-1-2-6(10-8)4-3-5/h1-3H. The molecule has 0 bridgehead atoms. The van der Waals surface area contributed by atoms with Gasteiger partial charge >= 0.3 is 0 Å². The molecule has 0 amide bonds. The lowest BCUT2D eigenvalue weighted by molar-refractivity contribution is 1.35. The molecule has 10 heavy (non-hydrogen) atoms. The fourth-order valence-corrected chi connectivity index (χ4v) is 1.51. The molecule has 0 saturated heterocycles. The highest BCUT2D eigenvalue weighted by atomic mass is 35.7. The Hall–Kier alpha value is 0.500. The van der Waals surface area contributed by atoms with Crippen molar-refractivity contribution >= 4 is 43.3 Å². The van der Waals surface area contributed by atoms with Gasteiger partial charge in [-0.05, 0) is 67.6 Å². The third-order valence-corrected chi connectivity index (χ3v) is 2.81. The van der Waals surface area contributed by atoms with Crippen molar-refractivity contribution < 1.29 is 0 Å². The zero-order valence-corrected chi connectivity index (χ0v) is 7.95. The second-order valence-corrected chi connectivity index (χ2v) is 3.69. The van der Waals surface area contributed by atoms with E-state index in [-0.39, 0.29) is 0 Å². The molecule has 0 nitrogen and oxygen atoms in total. The average molecular weight is 210 g/mol. The Balaban J connectivity index is 2.80. The predicted molar refractivity (Wildman–Crippen MR) is 48.7 cm³/mol. The van der Waals surface area contributed by atoms with E-state index in [2.05, 4.69) is 6.07 Å². The van der Waals surface area contributed by atoms with Gasteiger partial charge in [-0.1, -0.05) is 0 Å². The van der Waals surface area contributed by atoms with E-state index in [4.69, 9.17) is 21.4 Å². The van der Waals surface area contributed by atoms with Crippen molar-refractivity contribution in [2.75, 3.05) is 0 Å². The van der Waals surface area contributed by atoms with E-state index in [0.717, 1.165) is 20.8 Å². The molecule has 0 atom stereocenters. The van der Waals surface area contributed by atoms with Crippen LogP contribution in [0.4, 0.5) is 0 Å². The highest BCUT2D eigenvalue weighted by Gasteiger charge is 1.92. The van der Waals surface area contributed by atoms with E-state index in [1.807, 2.05) is 18.2 Å². The number of halogens is 2. The van der Waals surface area contributed by atoms with E-state index in [1.54, 1.807) is 0 Å². The Kier molecular flexibility index (Phi) is 3.78. The van der Waals surface area contributed by atoms with E-state index < -0.39 is 0 Å². The van der Waals surface area contributed by atoms with Crippen LogP contribution in [0.3, 0.4) is 0 Å². The minimum atomic E-state index is 0.913. The number of hydrogen-bond acceptors (Lipinski definition) is 2. The minimum Gasteiger partial charge on any atom is -0.0462 e. The molecule has 0 aliphatic carbocycles. The van der Waals surface area contributed by atoms with Gasteiger partial charge in [-0.25, -0.2) is 0 Å². The Morgan fingerprint density at radius 1 is 1.20 bits per heavy atom. The van der Waals surface area contributed by atoms with Crippen LogP contribution in [-0.4, -0.2) is 0 Å². The molecule has 1 aromatic carbocycles. The van der Waals surface area contributed by atoms with E-state index in [1.165, 1.54) is 11.0 Å². The van der Waals surface area contributed by atoms with Crippen LogP contribution in [0.15, 0.2) is 28.0 Å². The van der Waals surface area contributed by atoms with Crippen LogP contribution in [-0.2, 0) is 0 Å². The highest BCUT2D eigenvalue weighted by Crippen LogP contribution is 2.26. The molecule has 0 heterocycles. The normalized spacial score (nSPS) is 9.80. The van der Waals surface area contributed by atoms with Crippen molar-refractivity contribution in [3.05, 3.63) is 24.3 Å². The largest absolute Gasteiger partial charge is 0.0462 e. The monoisotopic (exact) mass is 209 g/mol. The van der Waals surface area contributed by atoms with Crippen molar-refractivity contribution in [1.82, 2.24) is 0 Å². The first-order chi connectivity index (χ1) is 4.86. The summed E-state index contributed by atoms with van der Waals surface area (Å²) < 4.78 is 0. The highest BCUT2D eigenvalue weighted by molar-refractivity contribution is 8.21. The van der Waals surface area contributed by atoms with E-state index >= 15 is 0 Å². The molecule has 0 spiro atoms. The molecule has 1 rings (SSSR count). The first-order valence-electron chi connectivity index (χ1n) is 2.45. The van der Waals surface area contributed by atoms with Crippen molar-refractivity contribution in [2.45, 2.75) is 9.79 Å². The van der Waals surface area contributed by atoms with Crippen LogP contribution in [0.25, 0.3) is 0 Å². The third-order valence-electron chi connectivity index (χ3n) is 0.928. The van der Waals surface area contributed by atoms with Gasteiger partial charge in [0.2, 0.25) is 0 Å². The molecule has 1 aromatic rings. The van der Waals surface area contributed by atoms with Gasteiger partial charge in [0.1, 0.15) is 0 Å². The second-order valence-electron chi connectivity index (χ2n) is 1.54. The molecule has 0 aliphatic heterocycles. The summed E-state index contributed by atoms with van der Waals surface area (Å²) >= 11 is 0. The molecule has 0 N–H and O–H groups in total. The zero-order chi connectivity index (χ0) is 7.40. The van der Waals surface area contributed by atoms with Crippen LogP contribution in [0.5, 0.6) is 0 Å². The van der Waals surface area contributed by atoms with Crippen molar-refractivity contribution in [3.63, 3.8) is 0 Å². The second kappa shape index (κ2) is 4.39. The first kappa shape index (κ1) is 8.60. The summed E-state index contributed by atoms with van der Waals surface area (Å²) in [4.78, 5) is 1.90. The summed E-state index contributed by atoms with van der Waals surface area (Å²) in [5.74, 6) is 0. The van der Waals surface area contributed by atoms with Gasteiger partial charge in [0.25, 0.3) is 0 Å². The summed E-state index contributed by atoms with van der Waals surface area (Å²) in [6.07, 6.45) is 0. The molecule has 0 unspecified atom stereocenters. The Morgan fingerprint density at radius 3 is 2.40 bits per heavy atom. The van der Waals surface area contributed by atoms with Crippen LogP contribution in [0.1, 0.15) is 0 Å². The first-order valence-corrected chi connectivity index (χ1v) is 5.74. The van der Waals surface area contributed by atoms with Gasteiger partial charge in [0, 0.05) is 9.79 Å². The maximum Gasteiger partial charge on any atom is 0.0313 e. The van der Waals surface area contributed by atoms with Gasteiger partial charge in [-0.15, -0.1) is 0 Å². The summed E-state index contributed by atoms with van der Waals surface area (Å²) in [5, 5.41) is 0. The summed E-state index contributed by atoms with van der Waals surface area (Å²) in [5.41, 5.74) is 0. The molecular formula is C6H3Cl2S2. The molecule has 0 aliphatic rings. The van der Waals surface area contributed by atoms with Gasteiger partial charge in [0.15, 0.2) is 0 Å². The van der Waals surface area contributed by atoms with Crippen molar-refractivity contribution in [2.24, 2.45) is 0 Å². The quantitative estimate of drug-likeness (QED) is 0.724. The molecule has 53 valence electrons. The van der Waals surface area contributed by atoms with Crippen LogP contribution in [0.2, 0.25) is 0 Å². The molecule has 4 heteroatoms. The molecular weight excluding hydrogens is 207 g/mol.